The number of nitrogens with zero attached hydrogens (tertiary/aromatic N) is 1. The molecule has 1 saturated heterocycles. The topological polar surface area (TPSA) is 58.6 Å². The van der Waals surface area contributed by atoms with Gasteiger partial charge in [0.05, 0.1) is 5.88 Å². The van der Waals surface area contributed by atoms with E-state index in [1.165, 1.54) is 10.8 Å². The van der Waals surface area contributed by atoms with E-state index < -0.39 is 10.0 Å². The Morgan fingerprint density at radius 3 is 2.72 bits per heavy atom. The van der Waals surface area contributed by atoms with Gasteiger partial charge in [0, 0.05) is 33.4 Å². The summed E-state index contributed by atoms with van der Waals surface area (Å²) in [7, 11) is -0.0293. The Morgan fingerprint density at radius 1 is 1.39 bits per heavy atom. The van der Waals surface area contributed by atoms with Crippen molar-refractivity contribution in [2.75, 3.05) is 39.2 Å². The summed E-state index contributed by atoms with van der Waals surface area (Å²) in [6.45, 7) is 2.51. The van der Waals surface area contributed by atoms with Gasteiger partial charge in [-0.2, -0.15) is 0 Å². The smallest absolute Gasteiger partial charge is 0.217 e. The molecule has 1 N–H and O–H groups in total. The molecule has 0 radical (unpaired) electrons. The zero-order valence-corrected chi connectivity index (χ0v) is 13.2. The first-order valence-corrected chi connectivity index (χ1v) is 9.64. The Bertz CT molecular complexity index is 318. The average molecular weight is 314 g/mol. The van der Waals surface area contributed by atoms with Gasteiger partial charge in [-0.25, -0.2) is 13.1 Å². The summed E-state index contributed by atoms with van der Waals surface area (Å²) in [5.41, 5.74) is 0. The number of rotatable bonds is 10. The second-order valence-electron chi connectivity index (χ2n) is 4.41. The molecule has 0 unspecified atom stereocenters. The SMILES string of the molecule is COCCCCCNS(=O)(=O)C1CN(CSS)C1. The molecule has 1 rings (SSSR count). The van der Waals surface area contributed by atoms with E-state index in [1.54, 1.807) is 7.11 Å². The highest BCUT2D eigenvalue weighted by molar-refractivity contribution is 8.68. The molecule has 1 aliphatic rings. The third-order valence-electron chi connectivity index (χ3n) is 2.93. The van der Waals surface area contributed by atoms with Gasteiger partial charge >= 0.3 is 0 Å². The Morgan fingerprint density at radius 2 is 2.11 bits per heavy atom. The second-order valence-corrected chi connectivity index (χ2v) is 7.75. The molecule has 0 amide bonds. The molecule has 0 aromatic rings. The molecule has 1 fully saturated rings. The van der Waals surface area contributed by atoms with Crippen molar-refractivity contribution >= 4 is 32.5 Å². The van der Waals surface area contributed by atoms with Crippen molar-refractivity contribution in [2.24, 2.45) is 0 Å². The summed E-state index contributed by atoms with van der Waals surface area (Å²) in [4.78, 5) is 2.07. The number of sulfonamides is 1. The molecule has 0 aliphatic carbocycles. The molecule has 1 heterocycles. The standard InChI is InChI=1S/C10H22N2O3S3/c1-15-6-4-2-3-5-11-18(13,14)10-7-12(8-10)9-17-16/h10-11,16H,2-9H2,1H3. The Hall–Kier alpha value is 0.530. The summed E-state index contributed by atoms with van der Waals surface area (Å²) in [6.07, 6.45) is 2.84. The van der Waals surface area contributed by atoms with Gasteiger partial charge in [-0.1, -0.05) is 10.8 Å². The van der Waals surface area contributed by atoms with Gasteiger partial charge in [-0.3, -0.25) is 4.90 Å². The molecule has 8 heteroatoms. The van der Waals surface area contributed by atoms with E-state index in [2.05, 4.69) is 21.3 Å². The third-order valence-corrected chi connectivity index (χ3v) is 5.54. The van der Waals surface area contributed by atoms with Gasteiger partial charge in [0.1, 0.15) is 5.25 Å². The summed E-state index contributed by atoms with van der Waals surface area (Å²) >= 11 is 4.05. The van der Waals surface area contributed by atoms with Gasteiger partial charge in [0.15, 0.2) is 0 Å². The highest BCUT2D eigenvalue weighted by Gasteiger charge is 2.36. The number of nitrogens with one attached hydrogen (secondary N) is 1. The molecule has 5 nitrogen and oxygen atoms in total. The number of methoxy groups -OCH3 is 1. The molecular formula is C10H22N2O3S3. The van der Waals surface area contributed by atoms with Crippen molar-refractivity contribution in [3.05, 3.63) is 0 Å². The molecule has 0 spiro atoms. The minimum Gasteiger partial charge on any atom is -0.385 e. The average Bonchev–Trinajstić information content (AvgIpc) is 2.27. The van der Waals surface area contributed by atoms with Crippen LogP contribution in [0.4, 0.5) is 0 Å². The van der Waals surface area contributed by atoms with E-state index >= 15 is 0 Å². The van der Waals surface area contributed by atoms with Crippen molar-refractivity contribution in [1.82, 2.24) is 9.62 Å². The van der Waals surface area contributed by atoms with Crippen molar-refractivity contribution in [1.29, 1.82) is 0 Å². The predicted octanol–water partition coefficient (Wildman–Crippen LogP) is 0.942. The predicted molar refractivity (Wildman–Crippen MR) is 79.5 cm³/mol. The summed E-state index contributed by atoms with van der Waals surface area (Å²) in [5.74, 6) is 0.784. The van der Waals surface area contributed by atoms with Crippen LogP contribution in [0.15, 0.2) is 0 Å². The fraction of sp³-hybridized carbons (Fsp3) is 1.00. The lowest BCUT2D eigenvalue weighted by molar-refractivity contribution is 0.192. The Balaban J connectivity index is 2.10. The highest BCUT2D eigenvalue weighted by atomic mass is 33.1. The van der Waals surface area contributed by atoms with E-state index in [-0.39, 0.29) is 5.25 Å². The number of likely N-dealkylation sites (tertiary alicyclic amines) is 1. The molecule has 0 atom stereocenters. The van der Waals surface area contributed by atoms with Gasteiger partial charge < -0.3 is 4.74 Å². The molecule has 18 heavy (non-hydrogen) atoms. The quantitative estimate of drug-likeness (QED) is 0.357. The lowest BCUT2D eigenvalue weighted by Crippen LogP contribution is -2.57. The van der Waals surface area contributed by atoms with Gasteiger partial charge in [0.25, 0.3) is 0 Å². The van der Waals surface area contributed by atoms with Crippen LogP contribution in [0, 0.1) is 0 Å². The number of thiol groups is 1. The lowest BCUT2D eigenvalue weighted by atomic mass is 10.2. The second kappa shape index (κ2) is 8.65. The third kappa shape index (κ3) is 5.66. The summed E-state index contributed by atoms with van der Waals surface area (Å²) in [5, 5.41) is -0.253. The lowest BCUT2D eigenvalue weighted by Gasteiger charge is -2.37. The van der Waals surface area contributed by atoms with Crippen LogP contribution in [0.2, 0.25) is 0 Å². The van der Waals surface area contributed by atoms with Crippen LogP contribution in [-0.4, -0.2) is 57.8 Å². The van der Waals surface area contributed by atoms with Crippen LogP contribution >= 0.6 is 22.5 Å². The van der Waals surface area contributed by atoms with Gasteiger partial charge in [-0.05, 0) is 19.3 Å². The Labute approximate surface area is 119 Å². The van der Waals surface area contributed by atoms with Crippen LogP contribution in [-0.2, 0) is 14.8 Å². The monoisotopic (exact) mass is 314 g/mol. The summed E-state index contributed by atoms with van der Waals surface area (Å²) < 4.78 is 31.3. The summed E-state index contributed by atoms with van der Waals surface area (Å²) in [6, 6.07) is 0. The minimum absolute atomic E-state index is 0.253. The number of hydrogen-bond donors (Lipinski definition) is 2. The van der Waals surface area contributed by atoms with E-state index in [4.69, 9.17) is 4.74 Å². The maximum absolute atomic E-state index is 11.9. The first-order valence-electron chi connectivity index (χ1n) is 6.06. The Kier molecular flexibility index (Phi) is 7.97. The number of ether oxygens (including phenoxy) is 1. The van der Waals surface area contributed by atoms with Crippen molar-refractivity contribution in [2.45, 2.75) is 24.5 Å². The van der Waals surface area contributed by atoms with Crippen molar-refractivity contribution < 1.29 is 13.2 Å². The molecule has 0 saturated carbocycles. The normalized spacial score (nSPS) is 17.9. The van der Waals surface area contributed by atoms with E-state index in [1.807, 2.05) is 0 Å². The molecule has 0 aromatic carbocycles. The van der Waals surface area contributed by atoms with Crippen LogP contribution in [0.25, 0.3) is 0 Å². The van der Waals surface area contributed by atoms with Crippen LogP contribution in [0.5, 0.6) is 0 Å². The van der Waals surface area contributed by atoms with E-state index in [9.17, 15) is 8.42 Å². The van der Waals surface area contributed by atoms with Crippen LogP contribution < -0.4 is 4.72 Å². The molecule has 0 aromatic heterocycles. The van der Waals surface area contributed by atoms with E-state index in [0.29, 0.717) is 19.6 Å². The fourth-order valence-corrected chi connectivity index (χ4v) is 4.13. The molecule has 108 valence electrons. The van der Waals surface area contributed by atoms with Crippen molar-refractivity contribution in [3.63, 3.8) is 0 Å². The highest BCUT2D eigenvalue weighted by Crippen LogP contribution is 2.19. The zero-order valence-electron chi connectivity index (χ0n) is 10.7. The van der Waals surface area contributed by atoms with Crippen molar-refractivity contribution in [3.8, 4) is 0 Å². The molecule has 1 aliphatic heterocycles. The number of unbranched alkanes of at least 4 members (excludes halogenated alkanes) is 2. The first kappa shape index (κ1) is 16.6. The van der Waals surface area contributed by atoms with E-state index in [0.717, 1.165) is 31.7 Å². The largest absolute Gasteiger partial charge is 0.385 e. The van der Waals surface area contributed by atoms with Crippen LogP contribution in [0.1, 0.15) is 19.3 Å². The zero-order chi connectivity index (χ0) is 13.4. The van der Waals surface area contributed by atoms with Crippen LogP contribution in [0.3, 0.4) is 0 Å². The maximum atomic E-state index is 11.9. The fourth-order valence-electron chi connectivity index (χ4n) is 1.79. The first-order chi connectivity index (χ1) is 8.60. The molecule has 0 bridgehead atoms. The number of hydrogen-bond acceptors (Lipinski definition) is 6. The maximum Gasteiger partial charge on any atom is 0.217 e. The molecular weight excluding hydrogens is 292 g/mol. The van der Waals surface area contributed by atoms with Gasteiger partial charge in [-0.15, -0.1) is 11.7 Å². The minimum atomic E-state index is -3.12. The van der Waals surface area contributed by atoms with Gasteiger partial charge in [0.2, 0.25) is 10.0 Å².